The average Bonchev–Trinajstić information content (AvgIpc) is 2.15. The van der Waals surface area contributed by atoms with Crippen molar-refractivity contribution in [3.8, 4) is 0 Å². The second-order valence-electron chi connectivity index (χ2n) is 4.28. The molecular formula is C11H13BF3KO. The van der Waals surface area contributed by atoms with Crippen molar-refractivity contribution in [2.45, 2.75) is 31.4 Å². The first kappa shape index (κ1) is 15.7. The molecule has 0 bridgehead atoms. The summed E-state index contributed by atoms with van der Waals surface area (Å²) in [5, 5.41) is 0. The van der Waals surface area contributed by atoms with Crippen molar-refractivity contribution in [3.63, 3.8) is 0 Å². The summed E-state index contributed by atoms with van der Waals surface area (Å²) in [5.41, 5.74) is 1.00. The van der Waals surface area contributed by atoms with Crippen LogP contribution in [-0.2, 0) is 11.3 Å². The van der Waals surface area contributed by atoms with Crippen molar-refractivity contribution in [2.75, 3.05) is 0 Å². The van der Waals surface area contributed by atoms with E-state index in [2.05, 4.69) is 0 Å². The topological polar surface area (TPSA) is 9.23 Å². The van der Waals surface area contributed by atoms with Gasteiger partial charge in [0.15, 0.2) is 0 Å². The van der Waals surface area contributed by atoms with Crippen LogP contribution in [0.4, 0.5) is 12.9 Å². The first-order valence-electron chi connectivity index (χ1n) is 5.41. The van der Waals surface area contributed by atoms with Gasteiger partial charge in [0.25, 0.3) is 0 Å². The molecule has 0 heterocycles. The van der Waals surface area contributed by atoms with E-state index < -0.39 is 12.8 Å². The van der Waals surface area contributed by atoms with Gasteiger partial charge in [-0.05, 0) is 18.4 Å². The Morgan fingerprint density at radius 2 is 1.71 bits per heavy atom. The molecule has 1 aromatic rings. The molecule has 0 aliphatic heterocycles. The summed E-state index contributed by atoms with van der Waals surface area (Å²) in [6, 6.07) is 9.49. The van der Waals surface area contributed by atoms with Gasteiger partial charge in [-0.1, -0.05) is 36.1 Å². The van der Waals surface area contributed by atoms with Crippen LogP contribution < -0.4 is 51.4 Å². The number of rotatable bonds is 4. The third kappa shape index (κ3) is 4.69. The van der Waals surface area contributed by atoms with Crippen LogP contribution in [0, 0.1) is 0 Å². The Kier molecular flexibility index (Phi) is 6.22. The van der Waals surface area contributed by atoms with Crippen molar-refractivity contribution >= 4 is 6.98 Å². The van der Waals surface area contributed by atoms with Crippen LogP contribution in [-0.4, -0.2) is 13.1 Å². The van der Waals surface area contributed by atoms with E-state index in [4.69, 9.17) is 4.74 Å². The summed E-state index contributed by atoms with van der Waals surface area (Å²) in [5.74, 6) is -1.10. The van der Waals surface area contributed by atoms with Gasteiger partial charge in [-0.3, -0.25) is 0 Å². The molecule has 0 atom stereocenters. The molecule has 0 amide bonds. The predicted octanol–water partition coefficient (Wildman–Crippen LogP) is 0.587. The molecule has 1 aliphatic carbocycles. The molecule has 1 saturated carbocycles. The van der Waals surface area contributed by atoms with Gasteiger partial charge >= 0.3 is 58.4 Å². The average molecular weight is 268 g/mol. The summed E-state index contributed by atoms with van der Waals surface area (Å²) in [6.07, 6.45) is 0.0563. The fourth-order valence-corrected chi connectivity index (χ4v) is 1.84. The van der Waals surface area contributed by atoms with Crippen LogP contribution in [0.1, 0.15) is 18.4 Å². The molecule has 1 aromatic carbocycles. The van der Waals surface area contributed by atoms with Gasteiger partial charge in [-0.15, -0.1) is 0 Å². The first-order valence-corrected chi connectivity index (χ1v) is 5.41. The van der Waals surface area contributed by atoms with Gasteiger partial charge in [-0.25, -0.2) is 0 Å². The summed E-state index contributed by atoms with van der Waals surface area (Å²) < 4.78 is 42.1. The van der Waals surface area contributed by atoms with Crippen LogP contribution >= 0.6 is 0 Å². The van der Waals surface area contributed by atoms with Crippen LogP contribution in [0.3, 0.4) is 0 Å². The molecule has 0 spiro atoms. The van der Waals surface area contributed by atoms with E-state index in [0.29, 0.717) is 6.61 Å². The van der Waals surface area contributed by atoms with E-state index >= 15 is 0 Å². The zero-order valence-electron chi connectivity index (χ0n) is 9.78. The summed E-state index contributed by atoms with van der Waals surface area (Å²) in [6.45, 7) is -4.25. The van der Waals surface area contributed by atoms with Crippen LogP contribution in [0.25, 0.3) is 0 Å². The number of hydrogen-bond acceptors (Lipinski definition) is 1. The molecule has 6 heteroatoms. The zero-order chi connectivity index (χ0) is 11.6. The summed E-state index contributed by atoms with van der Waals surface area (Å²) >= 11 is 0. The fourth-order valence-electron chi connectivity index (χ4n) is 1.84. The molecule has 0 saturated heterocycles. The van der Waals surface area contributed by atoms with Crippen molar-refractivity contribution in [2.24, 2.45) is 0 Å². The van der Waals surface area contributed by atoms with Gasteiger partial charge in [-0.2, -0.15) is 0 Å². The minimum absolute atomic E-state index is 0. The Hall–Kier alpha value is 0.671. The Labute approximate surface area is 142 Å². The number of benzene rings is 1. The monoisotopic (exact) mass is 268 g/mol. The molecule has 1 nitrogen and oxygen atoms in total. The zero-order valence-corrected chi connectivity index (χ0v) is 12.9. The number of hydrogen-bond donors (Lipinski definition) is 0. The van der Waals surface area contributed by atoms with E-state index in [0.717, 1.165) is 5.56 Å². The van der Waals surface area contributed by atoms with Gasteiger partial charge in [0.1, 0.15) is 0 Å². The Bertz CT molecular complexity index is 338. The maximum atomic E-state index is 12.2. The van der Waals surface area contributed by atoms with Crippen LogP contribution in [0.2, 0.25) is 5.82 Å². The Morgan fingerprint density at radius 1 is 1.12 bits per heavy atom. The molecule has 0 N–H and O–H groups in total. The number of halogens is 3. The van der Waals surface area contributed by atoms with Crippen LogP contribution in [0.15, 0.2) is 30.3 Å². The fraction of sp³-hybridized carbons (Fsp3) is 0.455. The third-order valence-electron chi connectivity index (χ3n) is 2.99. The summed E-state index contributed by atoms with van der Waals surface area (Å²) in [4.78, 5) is 0. The predicted molar refractivity (Wildman–Crippen MR) is 57.1 cm³/mol. The molecule has 1 aliphatic rings. The summed E-state index contributed by atoms with van der Waals surface area (Å²) in [7, 11) is 0. The minimum atomic E-state index is -4.66. The largest absolute Gasteiger partial charge is 1.00 e. The standard InChI is InChI=1S/C11H13BF3O.K/c13-12(14,15)10-6-11(7-10)16-8-9-4-2-1-3-5-9;/h1-5,10-11H,6-8H2;/q-1;+1. The molecule has 88 valence electrons. The van der Waals surface area contributed by atoms with Crippen molar-refractivity contribution in [3.05, 3.63) is 35.9 Å². The van der Waals surface area contributed by atoms with Crippen molar-refractivity contribution < 1.29 is 69.1 Å². The molecule has 0 aromatic heterocycles. The number of ether oxygens (including phenoxy) is 1. The Balaban J connectivity index is 0.00000144. The maximum absolute atomic E-state index is 12.2. The second kappa shape index (κ2) is 6.73. The first-order chi connectivity index (χ1) is 7.55. The normalized spacial score (nSPS) is 23.7. The quantitative estimate of drug-likeness (QED) is 0.726. The molecular weight excluding hydrogens is 255 g/mol. The van der Waals surface area contributed by atoms with Gasteiger partial charge in [0, 0.05) is 0 Å². The van der Waals surface area contributed by atoms with Gasteiger partial charge in [0.05, 0.1) is 12.7 Å². The van der Waals surface area contributed by atoms with Crippen LogP contribution in [0.5, 0.6) is 0 Å². The Morgan fingerprint density at radius 3 is 2.24 bits per heavy atom. The van der Waals surface area contributed by atoms with E-state index in [-0.39, 0.29) is 70.3 Å². The molecule has 0 radical (unpaired) electrons. The van der Waals surface area contributed by atoms with Crippen molar-refractivity contribution in [1.82, 2.24) is 0 Å². The van der Waals surface area contributed by atoms with E-state index in [1.165, 1.54) is 0 Å². The molecule has 1 fully saturated rings. The molecule has 2 rings (SSSR count). The maximum Gasteiger partial charge on any atom is 1.00 e. The van der Waals surface area contributed by atoms with Gasteiger partial charge < -0.3 is 17.7 Å². The van der Waals surface area contributed by atoms with E-state index in [1.54, 1.807) is 0 Å². The SMILES string of the molecule is F[B-](F)(F)C1CC(OCc2ccccc2)C1.[K+]. The minimum Gasteiger partial charge on any atom is -0.449 e. The third-order valence-corrected chi connectivity index (χ3v) is 2.99. The van der Waals surface area contributed by atoms with Crippen molar-refractivity contribution in [1.29, 1.82) is 0 Å². The second-order valence-corrected chi connectivity index (χ2v) is 4.28. The van der Waals surface area contributed by atoms with E-state index in [1.807, 2.05) is 30.3 Å². The molecule has 0 unspecified atom stereocenters. The van der Waals surface area contributed by atoms with E-state index in [9.17, 15) is 12.9 Å². The smallest absolute Gasteiger partial charge is 0.449 e. The molecule has 17 heavy (non-hydrogen) atoms. The van der Waals surface area contributed by atoms with Gasteiger partial charge in [0.2, 0.25) is 0 Å².